The number of benzene rings is 1. The molecule has 0 bridgehead atoms. The van der Waals surface area contributed by atoms with Gasteiger partial charge in [0, 0.05) is 17.7 Å². The van der Waals surface area contributed by atoms with Crippen molar-refractivity contribution >= 4 is 5.91 Å². The quantitative estimate of drug-likeness (QED) is 0.735. The third-order valence-electron chi connectivity index (χ3n) is 3.11. The Balaban J connectivity index is 2.03. The predicted octanol–water partition coefficient (Wildman–Crippen LogP) is 2.16. The van der Waals surface area contributed by atoms with Crippen LogP contribution in [0.5, 0.6) is 11.5 Å². The van der Waals surface area contributed by atoms with Crippen LogP contribution in [0.25, 0.3) is 0 Å². The van der Waals surface area contributed by atoms with Crippen molar-refractivity contribution in [3.8, 4) is 11.5 Å². The van der Waals surface area contributed by atoms with Crippen molar-refractivity contribution in [2.24, 2.45) is 0 Å². The topological polar surface area (TPSA) is 69.6 Å². The van der Waals surface area contributed by atoms with Crippen LogP contribution in [0.15, 0.2) is 18.2 Å². The van der Waals surface area contributed by atoms with Gasteiger partial charge in [0.1, 0.15) is 11.5 Å². The molecule has 0 heterocycles. The molecule has 2 rings (SSSR count). The minimum absolute atomic E-state index is 0.0983. The van der Waals surface area contributed by atoms with E-state index in [2.05, 4.69) is 5.32 Å². The monoisotopic (exact) mass is 235 g/mol. The molecule has 17 heavy (non-hydrogen) atoms. The molecule has 1 fully saturated rings. The standard InChI is InChI=1S/C13H17NO3/c15-11-6-9(7-12(16)8-11)13(17)14-10-4-2-1-3-5-10/h6-8,10,15-16H,1-5H2,(H,14,17). The molecule has 0 radical (unpaired) electrons. The number of hydrogen-bond donors (Lipinski definition) is 3. The molecule has 4 nitrogen and oxygen atoms in total. The van der Waals surface area contributed by atoms with Gasteiger partial charge in [0.2, 0.25) is 0 Å². The Bertz CT molecular complexity index is 391. The molecule has 1 aliphatic rings. The summed E-state index contributed by atoms with van der Waals surface area (Å²) < 4.78 is 0. The third-order valence-corrected chi connectivity index (χ3v) is 3.11. The zero-order chi connectivity index (χ0) is 12.3. The second-order valence-electron chi connectivity index (χ2n) is 4.55. The highest BCUT2D eigenvalue weighted by atomic mass is 16.3. The molecule has 92 valence electrons. The highest BCUT2D eigenvalue weighted by Crippen LogP contribution is 2.22. The van der Waals surface area contributed by atoms with Gasteiger partial charge in [0.15, 0.2) is 0 Å². The van der Waals surface area contributed by atoms with Crippen LogP contribution in [0.4, 0.5) is 0 Å². The Morgan fingerprint density at radius 2 is 1.65 bits per heavy atom. The average Bonchev–Trinajstić information content (AvgIpc) is 2.29. The van der Waals surface area contributed by atoms with Crippen molar-refractivity contribution in [2.75, 3.05) is 0 Å². The number of nitrogens with one attached hydrogen (secondary N) is 1. The zero-order valence-electron chi connectivity index (χ0n) is 9.65. The number of aromatic hydroxyl groups is 2. The number of carbonyl (C=O) groups excluding carboxylic acids is 1. The highest BCUT2D eigenvalue weighted by molar-refractivity contribution is 5.95. The summed E-state index contributed by atoms with van der Waals surface area (Å²) in [6.07, 6.45) is 5.55. The number of carbonyl (C=O) groups is 1. The second-order valence-corrected chi connectivity index (χ2v) is 4.55. The molecule has 1 aliphatic carbocycles. The summed E-state index contributed by atoms with van der Waals surface area (Å²) in [4.78, 5) is 11.9. The number of phenols is 2. The Morgan fingerprint density at radius 1 is 1.06 bits per heavy atom. The molecule has 0 aromatic heterocycles. The van der Waals surface area contributed by atoms with Crippen molar-refractivity contribution in [1.29, 1.82) is 0 Å². The first-order valence-corrected chi connectivity index (χ1v) is 5.99. The molecule has 0 unspecified atom stereocenters. The van der Waals surface area contributed by atoms with Crippen LogP contribution in [0.2, 0.25) is 0 Å². The third kappa shape index (κ3) is 3.12. The Morgan fingerprint density at radius 3 is 2.24 bits per heavy atom. The van der Waals surface area contributed by atoms with Crippen LogP contribution in [0, 0.1) is 0 Å². The van der Waals surface area contributed by atoms with Gasteiger partial charge in [0.25, 0.3) is 5.91 Å². The number of phenolic OH excluding ortho intramolecular Hbond substituents is 2. The lowest BCUT2D eigenvalue weighted by Crippen LogP contribution is -2.36. The smallest absolute Gasteiger partial charge is 0.251 e. The Kier molecular flexibility index (Phi) is 3.52. The molecule has 0 atom stereocenters. The molecule has 4 heteroatoms. The van der Waals surface area contributed by atoms with Crippen LogP contribution < -0.4 is 5.32 Å². The maximum atomic E-state index is 11.9. The van der Waals surface area contributed by atoms with Crippen LogP contribution in [0.3, 0.4) is 0 Å². The fourth-order valence-corrected chi connectivity index (χ4v) is 2.24. The number of amides is 1. The van der Waals surface area contributed by atoms with Crippen LogP contribution in [0.1, 0.15) is 42.5 Å². The van der Waals surface area contributed by atoms with E-state index in [-0.39, 0.29) is 23.4 Å². The molecule has 1 aromatic rings. The summed E-state index contributed by atoms with van der Waals surface area (Å²) in [7, 11) is 0. The molecule has 1 aromatic carbocycles. The number of rotatable bonds is 2. The van der Waals surface area contributed by atoms with E-state index in [1.54, 1.807) is 0 Å². The van der Waals surface area contributed by atoms with E-state index in [0.717, 1.165) is 25.7 Å². The van der Waals surface area contributed by atoms with Gasteiger partial charge in [-0.1, -0.05) is 19.3 Å². The number of hydrogen-bond acceptors (Lipinski definition) is 3. The van der Waals surface area contributed by atoms with E-state index in [1.165, 1.54) is 24.6 Å². The van der Waals surface area contributed by atoms with E-state index in [0.29, 0.717) is 5.56 Å². The molecule has 0 saturated heterocycles. The minimum Gasteiger partial charge on any atom is -0.508 e. The maximum Gasteiger partial charge on any atom is 0.251 e. The molecular weight excluding hydrogens is 218 g/mol. The summed E-state index contributed by atoms with van der Waals surface area (Å²) >= 11 is 0. The van der Waals surface area contributed by atoms with Crippen LogP contribution in [-0.4, -0.2) is 22.2 Å². The fourth-order valence-electron chi connectivity index (χ4n) is 2.24. The van der Waals surface area contributed by atoms with Crippen molar-refractivity contribution in [3.63, 3.8) is 0 Å². The van der Waals surface area contributed by atoms with Gasteiger partial charge in [-0.15, -0.1) is 0 Å². The fraction of sp³-hybridized carbons (Fsp3) is 0.462. The summed E-state index contributed by atoms with van der Waals surface area (Å²) in [5, 5.41) is 21.5. The lowest BCUT2D eigenvalue weighted by molar-refractivity contribution is 0.0927. The van der Waals surface area contributed by atoms with Crippen molar-refractivity contribution in [2.45, 2.75) is 38.1 Å². The SMILES string of the molecule is O=C(NC1CCCCC1)c1cc(O)cc(O)c1. The Labute approximate surface area is 100 Å². The largest absolute Gasteiger partial charge is 0.508 e. The van der Waals surface area contributed by atoms with Gasteiger partial charge >= 0.3 is 0 Å². The molecule has 3 N–H and O–H groups in total. The van der Waals surface area contributed by atoms with Crippen molar-refractivity contribution in [3.05, 3.63) is 23.8 Å². The van der Waals surface area contributed by atoms with Gasteiger partial charge < -0.3 is 15.5 Å². The van der Waals surface area contributed by atoms with Gasteiger partial charge in [-0.05, 0) is 25.0 Å². The maximum absolute atomic E-state index is 11.9. The molecular formula is C13H17NO3. The van der Waals surface area contributed by atoms with Gasteiger partial charge in [-0.2, -0.15) is 0 Å². The van der Waals surface area contributed by atoms with Crippen molar-refractivity contribution in [1.82, 2.24) is 5.32 Å². The van der Waals surface area contributed by atoms with Gasteiger partial charge in [-0.25, -0.2) is 0 Å². The highest BCUT2D eigenvalue weighted by Gasteiger charge is 2.17. The first-order chi connectivity index (χ1) is 8.15. The first-order valence-electron chi connectivity index (χ1n) is 5.99. The zero-order valence-corrected chi connectivity index (χ0v) is 9.65. The Hall–Kier alpha value is -1.71. The normalized spacial score (nSPS) is 16.7. The first kappa shape index (κ1) is 11.8. The molecule has 0 spiro atoms. The van der Waals surface area contributed by atoms with Gasteiger partial charge in [0.05, 0.1) is 0 Å². The van der Waals surface area contributed by atoms with E-state index in [9.17, 15) is 15.0 Å². The summed E-state index contributed by atoms with van der Waals surface area (Å²) in [5.74, 6) is -0.430. The van der Waals surface area contributed by atoms with E-state index in [1.807, 2.05) is 0 Å². The summed E-state index contributed by atoms with van der Waals surface area (Å²) in [6.45, 7) is 0. The van der Waals surface area contributed by atoms with E-state index >= 15 is 0 Å². The summed E-state index contributed by atoms with van der Waals surface area (Å²) in [5.41, 5.74) is 0.299. The summed E-state index contributed by atoms with van der Waals surface area (Å²) in [6, 6.07) is 4.15. The molecule has 1 saturated carbocycles. The van der Waals surface area contributed by atoms with Crippen LogP contribution in [-0.2, 0) is 0 Å². The van der Waals surface area contributed by atoms with Gasteiger partial charge in [-0.3, -0.25) is 4.79 Å². The lowest BCUT2D eigenvalue weighted by atomic mass is 9.95. The van der Waals surface area contributed by atoms with Crippen molar-refractivity contribution < 1.29 is 15.0 Å². The lowest BCUT2D eigenvalue weighted by Gasteiger charge is -2.22. The molecule has 1 amide bonds. The van der Waals surface area contributed by atoms with Crippen LogP contribution >= 0.6 is 0 Å². The minimum atomic E-state index is -0.233. The van der Waals surface area contributed by atoms with E-state index in [4.69, 9.17) is 0 Å². The average molecular weight is 235 g/mol. The van der Waals surface area contributed by atoms with E-state index < -0.39 is 0 Å². The second kappa shape index (κ2) is 5.08. The molecule has 0 aliphatic heterocycles. The predicted molar refractivity (Wildman–Crippen MR) is 64.1 cm³/mol.